The third-order valence-electron chi connectivity index (χ3n) is 5.01. The summed E-state index contributed by atoms with van der Waals surface area (Å²) in [6, 6.07) is 9.13. The molecule has 6 heteroatoms. The van der Waals surface area contributed by atoms with Gasteiger partial charge in [0.2, 0.25) is 0 Å². The molecule has 1 amide bonds. The van der Waals surface area contributed by atoms with Crippen LogP contribution in [0.25, 0.3) is 11.1 Å². The third-order valence-corrected chi connectivity index (χ3v) is 5.01. The lowest BCUT2D eigenvalue weighted by Gasteiger charge is -2.37. The number of nitrogens with zero attached hydrogens (tertiary/aromatic N) is 3. The first-order valence-electron chi connectivity index (χ1n) is 8.77. The summed E-state index contributed by atoms with van der Waals surface area (Å²) in [4.78, 5) is 23.2. The van der Waals surface area contributed by atoms with Gasteiger partial charge in [-0.2, -0.15) is 0 Å². The number of aryl methyl sites for hydroxylation is 2. The topological polar surface area (TPSA) is 79.5 Å². The lowest BCUT2D eigenvalue weighted by atomic mass is 9.87. The first-order chi connectivity index (χ1) is 12.4. The van der Waals surface area contributed by atoms with Gasteiger partial charge in [0.1, 0.15) is 11.1 Å². The molecule has 3 heterocycles. The zero-order valence-electron chi connectivity index (χ0n) is 14.9. The number of benzene rings is 1. The second kappa shape index (κ2) is 6.21. The summed E-state index contributed by atoms with van der Waals surface area (Å²) in [6.45, 7) is 4.72. The summed E-state index contributed by atoms with van der Waals surface area (Å²) in [5.74, 6) is 0.526. The molecule has 0 radical (unpaired) electrons. The maximum atomic E-state index is 12.8. The molecule has 26 heavy (non-hydrogen) atoms. The van der Waals surface area contributed by atoms with Gasteiger partial charge in [-0.25, -0.2) is 4.98 Å². The Morgan fingerprint density at radius 1 is 1.19 bits per heavy atom. The number of amides is 1. The smallest absolute Gasteiger partial charge is 0.253 e. The molecule has 1 aliphatic heterocycles. The van der Waals surface area contributed by atoms with Gasteiger partial charge in [-0.1, -0.05) is 6.07 Å². The van der Waals surface area contributed by atoms with Crippen LogP contribution >= 0.6 is 0 Å². The number of carbonyl (C=O) groups is 1. The highest BCUT2D eigenvalue weighted by molar-refractivity contribution is 5.97. The third kappa shape index (κ3) is 2.97. The maximum Gasteiger partial charge on any atom is 0.253 e. The van der Waals surface area contributed by atoms with Gasteiger partial charge in [0.25, 0.3) is 5.91 Å². The largest absolute Gasteiger partial charge is 0.441 e. The van der Waals surface area contributed by atoms with Crippen LogP contribution in [0, 0.1) is 13.8 Å². The molecule has 0 aliphatic carbocycles. The Bertz CT molecular complexity index is 954. The molecule has 0 bridgehead atoms. The van der Waals surface area contributed by atoms with Crippen LogP contribution in [0.4, 0.5) is 0 Å². The highest BCUT2D eigenvalue weighted by atomic mass is 16.3. The van der Waals surface area contributed by atoms with Crippen molar-refractivity contribution in [1.29, 1.82) is 0 Å². The number of aliphatic hydroxyl groups is 1. The number of carbonyl (C=O) groups excluding carboxylic acids is 1. The number of hydrogen-bond acceptors (Lipinski definition) is 5. The van der Waals surface area contributed by atoms with Crippen LogP contribution in [-0.2, 0) is 5.60 Å². The Labute approximate surface area is 151 Å². The zero-order chi connectivity index (χ0) is 18.3. The van der Waals surface area contributed by atoms with Crippen LogP contribution in [0.15, 0.2) is 40.9 Å². The molecule has 0 atom stereocenters. The number of fused-ring (bicyclic) bond motifs is 1. The average molecular weight is 351 g/mol. The van der Waals surface area contributed by atoms with E-state index in [-0.39, 0.29) is 5.91 Å². The van der Waals surface area contributed by atoms with Crippen LogP contribution in [-0.4, -0.2) is 39.0 Å². The fourth-order valence-electron chi connectivity index (χ4n) is 3.43. The molecule has 0 spiro atoms. The van der Waals surface area contributed by atoms with E-state index in [0.717, 1.165) is 11.1 Å². The molecule has 6 nitrogen and oxygen atoms in total. The van der Waals surface area contributed by atoms with Gasteiger partial charge in [0, 0.05) is 31.8 Å². The second-order valence-corrected chi connectivity index (χ2v) is 6.96. The lowest BCUT2D eigenvalue weighted by molar-refractivity contribution is -0.0244. The second-order valence-electron chi connectivity index (χ2n) is 6.96. The Hall–Kier alpha value is -2.73. The molecule has 0 unspecified atom stereocenters. The number of aromatic nitrogens is 2. The van der Waals surface area contributed by atoms with Gasteiger partial charge < -0.3 is 14.4 Å². The first kappa shape index (κ1) is 16.7. The molecule has 1 saturated heterocycles. The lowest BCUT2D eigenvalue weighted by Crippen LogP contribution is -2.45. The van der Waals surface area contributed by atoms with E-state index in [9.17, 15) is 9.90 Å². The molecule has 3 aromatic rings. The van der Waals surface area contributed by atoms with Crippen LogP contribution < -0.4 is 0 Å². The van der Waals surface area contributed by atoms with Crippen LogP contribution in [0.2, 0.25) is 0 Å². The number of hydrogen-bond donors (Lipinski definition) is 1. The molecular weight excluding hydrogens is 330 g/mol. The first-order valence-corrected chi connectivity index (χ1v) is 8.77. The Kier molecular flexibility index (Phi) is 4.00. The van der Waals surface area contributed by atoms with E-state index < -0.39 is 5.60 Å². The average Bonchev–Trinajstić information content (AvgIpc) is 3.01. The minimum atomic E-state index is -0.976. The number of pyridine rings is 1. The maximum absolute atomic E-state index is 12.8. The van der Waals surface area contributed by atoms with E-state index in [1.807, 2.05) is 19.1 Å². The highest BCUT2D eigenvalue weighted by Crippen LogP contribution is 2.32. The fourth-order valence-corrected chi connectivity index (χ4v) is 3.43. The Morgan fingerprint density at radius 3 is 2.65 bits per heavy atom. The molecule has 1 N–H and O–H groups in total. The van der Waals surface area contributed by atoms with Gasteiger partial charge >= 0.3 is 0 Å². The SMILES string of the molecule is Cc1ccc(C2(O)CCN(C(=O)c3ccc4nc(C)oc4c3)CC2)nc1. The quantitative estimate of drug-likeness (QED) is 0.768. The number of likely N-dealkylation sites (tertiary alicyclic amines) is 1. The summed E-state index contributed by atoms with van der Waals surface area (Å²) in [5, 5.41) is 10.9. The van der Waals surface area contributed by atoms with E-state index in [2.05, 4.69) is 9.97 Å². The van der Waals surface area contributed by atoms with Gasteiger partial charge in [-0.05, 0) is 49.6 Å². The van der Waals surface area contributed by atoms with Gasteiger partial charge in [0.15, 0.2) is 11.5 Å². The molecule has 0 saturated carbocycles. The summed E-state index contributed by atoms with van der Waals surface area (Å²) < 4.78 is 5.52. The van der Waals surface area contributed by atoms with E-state index in [0.29, 0.717) is 48.7 Å². The number of rotatable bonds is 2. The van der Waals surface area contributed by atoms with Gasteiger partial charge in [-0.15, -0.1) is 0 Å². The van der Waals surface area contributed by atoms with Crippen molar-refractivity contribution in [3.05, 3.63) is 59.2 Å². The van der Waals surface area contributed by atoms with Crippen molar-refractivity contribution < 1.29 is 14.3 Å². The number of oxazole rings is 1. The standard InChI is InChI=1S/C20H21N3O3/c1-13-3-6-18(21-12-13)20(25)7-9-23(10-8-20)19(24)15-4-5-16-17(11-15)26-14(2)22-16/h3-6,11-12,25H,7-10H2,1-2H3. The summed E-state index contributed by atoms with van der Waals surface area (Å²) in [6.07, 6.45) is 2.70. The molecule has 2 aromatic heterocycles. The van der Waals surface area contributed by atoms with Crippen LogP contribution in [0.5, 0.6) is 0 Å². The van der Waals surface area contributed by atoms with E-state index in [1.54, 1.807) is 36.2 Å². The molecule has 1 aromatic carbocycles. The predicted octanol–water partition coefficient (Wildman–Crippen LogP) is 2.96. The van der Waals surface area contributed by atoms with E-state index >= 15 is 0 Å². The minimum Gasteiger partial charge on any atom is -0.441 e. The normalized spacial score (nSPS) is 16.8. The summed E-state index contributed by atoms with van der Waals surface area (Å²) in [7, 11) is 0. The van der Waals surface area contributed by atoms with Gasteiger partial charge in [0.05, 0.1) is 5.69 Å². The van der Waals surface area contributed by atoms with E-state index in [4.69, 9.17) is 4.42 Å². The molecule has 134 valence electrons. The highest BCUT2D eigenvalue weighted by Gasteiger charge is 2.36. The Morgan fingerprint density at radius 2 is 1.96 bits per heavy atom. The van der Waals surface area contributed by atoms with Crippen LogP contribution in [0.1, 0.15) is 40.3 Å². The monoisotopic (exact) mass is 351 g/mol. The van der Waals surface area contributed by atoms with Crippen molar-refractivity contribution in [1.82, 2.24) is 14.9 Å². The van der Waals surface area contributed by atoms with Crippen molar-refractivity contribution in [3.8, 4) is 0 Å². The van der Waals surface area contributed by atoms with Crippen molar-refractivity contribution >= 4 is 17.0 Å². The van der Waals surface area contributed by atoms with Crippen LogP contribution in [0.3, 0.4) is 0 Å². The van der Waals surface area contributed by atoms with E-state index in [1.165, 1.54) is 0 Å². The van der Waals surface area contributed by atoms with Crippen molar-refractivity contribution in [2.45, 2.75) is 32.3 Å². The van der Waals surface area contributed by atoms with Crippen molar-refractivity contribution in [2.24, 2.45) is 0 Å². The Balaban J connectivity index is 1.49. The number of piperidine rings is 1. The molecule has 1 fully saturated rings. The van der Waals surface area contributed by atoms with Crippen molar-refractivity contribution in [2.75, 3.05) is 13.1 Å². The zero-order valence-corrected chi connectivity index (χ0v) is 14.9. The molecule has 1 aliphatic rings. The summed E-state index contributed by atoms with van der Waals surface area (Å²) >= 11 is 0. The predicted molar refractivity (Wildman–Crippen MR) is 96.8 cm³/mol. The molecule has 4 rings (SSSR count). The fraction of sp³-hybridized carbons (Fsp3) is 0.350. The van der Waals surface area contributed by atoms with Crippen molar-refractivity contribution in [3.63, 3.8) is 0 Å². The molecular formula is C20H21N3O3. The van der Waals surface area contributed by atoms with Gasteiger partial charge in [-0.3, -0.25) is 9.78 Å². The minimum absolute atomic E-state index is 0.0557. The summed E-state index contributed by atoms with van der Waals surface area (Å²) in [5.41, 5.74) is 2.70.